The van der Waals surface area contributed by atoms with Crippen molar-refractivity contribution < 1.29 is 19.1 Å². The molecule has 2 amide bonds. The first kappa shape index (κ1) is 26.9. The van der Waals surface area contributed by atoms with Gasteiger partial charge < -0.3 is 25.0 Å². The number of rotatable bonds is 8. The molecule has 1 saturated heterocycles. The summed E-state index contributed by atoms with van der Waals surface area (Å²) in [5, 5.41) is 6.80. The van der Waals surface area contributed by atoms with Crippen LogP contribution in [-0.2, 0) is 21.6 Å². The van der Waals surface area contributed by atoms with Gasteiger partial charge in [-0.3, -0.25) is 9.59 Å². The van der Waals surface area contributed by atoms with Crippen LogP contribution in [0.25, 0.3) is 11.3 Å². The molecule has 2 aliphatic rings. The van der Waals surface area contributed by atoms with Gasteiger partial charge in [-0.1, -0.05) is 41.9 Å². The number of hydrogen-bond acceptors (Lipinski definition) is 7. The number of hydrogen-bond donors (Lipinski definition) is 2. The second kappa shape index (κ2) is 11.2. The van der Waals surface area contributed by atoms with E-state index in [0.717, 1.165) is 24.0 Å². The molecule has 0 spiro atoms. The van der Waals surface area contributed by atoms with Crippen LogP contribution in [0.15, 0.2) is 48.7 Å². The zero-order valence-corrected chi connectivity index (χ0v) is 23.0. The fourth-order valence-corrected chi connectivity index (χ4v) is 5.29. The molecule has 10 heteroatoms. The van der Waals surface area contributed by atoms with Crippen molar-refractivity contribution in [1.82, 2.24) is 20.2 Å². The molecule has 0 aliphatic carbocycles. The number of ether oxygens (including phenoxy) is 2. The summed E-state index contributed by atoms with van der Waals surface area (Å²) < 4.78 is 10.9. The van der Waals surface area contributed by atoms with E-state index in [4.69, 9.17) is 21.1 Å². The number of carbonyl (C=O) groups is 2. The average molecular weight is 550 g/mol. The highest BCUT2D eigenvalue weighted by molar-refractivity contribution is 6.33. The SMILES string of the molecule is COc1ccccc1C(C)(C)NC(=O)CN1Cc2ccc(-c3nc(NC4CCOCC4)ncc3Cl)cc2C1=O. The van der Waals surface area contributed by atoms with Crippen molar-refractivity contribution in [2.45, 2.75) is 44.8 Å². The van der Waals surface area contributed by atoms with Gasteiger partial charge in [0.25, 0.3) is 5.91 Å². The fourth-order valence-electron chi connectivity index (χ4n) is 5.09. The van der Waals surface area contributed by atoms with E-state index in [0.29, 0.717) is 53.3 Å². The van der Waals surface area contributed by atoms with Gasteiger partial charge in [-0.2, -0.15) is 0 Å². The Morgan fingerprint density at radius 1 is 1.21 bits per heavy atom. The molecule has 2 aliphatic heterocycles. The van der Waals surface area contributed by atoms with Crippen LogP contribution >= 0.6 is 11.6 Å². The largest absolute Gasteiger partial charge is 0.496 e. The summed E-state index contributed by atoms with van der Waals surface area (Å²) in [6, 6.07) is 13.4. The summed E-state index contributed by atoms with van der Waals surface area (Å²) in [7, 11) is 1.60. The number of halogens is 1. The number of fused-ring (bicyclic) bond motifs is 1. The molecule has 204 valence electrons. The normalized spacial score (nSPS) is 15.7. The van der Waals surface area contributed by atoms with Gasteiger partial charge in [-0.05, 0) is 44.4 Å². The van der Waals surface area contributed by atoms with E-state index in [1.54, 1.807) is 24.3 Å². The number of anilines is 1. The summed E-state index contributed by atoms with van der Waals surface area (Å²) in [6.45, 7) is 5.52. The Morgan fingerprint density at radius 3 is 2.74 bits per heavy atom. The Labute approximate surface area is 232 Å². The molecular weight excluding hydrogens is 518 g/mol. The summed E-state index contributed by atoms with van der Waals surface area (Å²) >= 11 is 6.46. The van der Waals surface area contributed by atoms with E-state index in [1.807, 2.05) is 50.2 Å². The molecule has 2 aromatic carbocycles. The maximum Gasteiger partial charge on any atom is 0.254 e. The molecule has 0 bridgehead atoms. The third kappa shape index (κ3) is 5.84. The molecule has 1 fully saturated rings. The molecule has 39 heavy (non-hydrogen) atoms. The first-order valence-electron chi connectivity index (χ1n) is 13.0. The van der Waals surface area contributed by atoms with Crippen LogP contribution < -0.4 is 15.4 Å². The second-order valence-electron chi connectivity index (χ2n) is 10.3. The van der Waals surface area contributed by atoms with Crippen molar-refractivity contribution in [1.29, 1.82) is 0 Å². The highest BCUT2D eigenvalue weighted by Gasteiger charge is 2.32. The first-order chi connectivity index (χ1) is 18.7. The molecule has 0 saturated carbocycles. The van der Waals surface area contributed by atoms with Gasteiger partial charge in [-0.25, -0.2) is 9.97 Å². The standard InChI is InChI=1S/C29H32ClN5O4/c1-29(2,22-6-4-5-7-24(22)38-3)34-25(36)17-35-16-19-9-8-18(14-21(19)27(35)37)26-23(30)15-31-28(33-26)32-20-10-12-39-13-11-20/h4-9,14-15,20H,10-13,16-17H2,1-3H3,(H,34,36)(H,31,32,33). The lowest BCUT2D eigenvalue weighted by atomic mass is 9.93. The minimum atomic E-state index is -0.688. The number of carbonyl (C=O) groups excluding carboxylic acids is 2. The zero-order valence-electron chi connectivity index (χ0n) is 22.3. The maximum atomic E-state index is 13.3. The molecule has 0 unspecified atom stereocenters. The smallest absolute Gasteiger partial charge is 0.254 e. The first-order valence-corrected chi connectivity index (χ1v) is 13.4. The predicted octanol–water partition coefficient (Wildman–Crippen LogP) is 4.40. The topological polar surface area (TPSA) is 106 Å². The van der Waals surface area contributed by atoms with E-state index in [-0.39, 0.29) is 24.4 Å². The minimum absolute atomic E-state index is 0.0607. The lowest BCUT2D eigenvalue weighted by molar-refractivity contribution is -0.123. The Kier molecular flexibility index (Phi) is 7.72. The highest BCUT2D eigenvalue weighted by Crippen LogP contribution is 2.32. The number of amides is 2. The van der Waals surface area contributed by atoms with E-state index in [2.05, 4.69) is 20.6 Å². The van der Waals surface area contributed by atoms with Gasteiger partial charge >= 0.3 is 0 Å². The number of para-hydroxylation sites is 1. The van der Waals surface area contributed by atoms with Gasteiger partial charge in [0.2, 0.25) is 11.9 Å². The Bertz CT molecular complexity index is 1390. The third-order valence-electron chi connectivity index (χ3n) is 7.13. The average Bonchev–Trinajstić information content (AvgIpc) is 3.24. The highest BCUT2D eigenvalue weighted by atomic mass is 35.5. The van der Waals surface area contributed by atoms with Crippen LogP contribution in [-0.4, -0.2) is 59.6 Å². The van der Waals surface area contributed by atoms with Gasteiger partial charge in [-0.15, -0.1) is 0 Å². The lowest BCUT2D eigenvalue weighted by Gasteiger charge is -2.29. The van der Waals surface area contributed by atoms with Crippen molar-refractivity contribution in [3.63, 3.8) is 0 Å². The minimum Gasteiger partial charge on any atom is -0.496 e. The van der Waals surface area contributed by atoms with E-state index in [1.165, 1.54) is 0 Å². The van der Waals surface area contributed by atoms with Crippen molar-refractivity contribution in [2.75, 3.05) is 32.2 Å². The monoisotopic (exact) mass is 549 g/mol. The lowest BCUT2D eigenvalue weighted by Crippen LogP contribution is -2.46. The number of nitrogens with zero attached hydrogens (tertiary/aromatic N) is 3. The predicted molar refractivity (Wildman–Crippen MR) is 149 cm³/mol. The molecule has 9 nitrogen and oxygen atoms in total. The molecule has 3 heterocycles. The summed E-state index contributed by atoms with van der Waals surface area (Å²) in [5.41, 5.74) is 2.82. The van der Waals surface area contributed by atoms with Crippen LogP contribution in [0, 0.1) is 0 Å². The number of methoxy groups -OCH3 is 1. The number of benzene rings is 2. The van der Waals surface area contributed by atoms with Gasteiger partial charge in [0.1, 0.15) is 12.3 Å². The molecule has 0 atom stereocenters. The fraction of sp³-hybridized carbons (Fsp3) is 0.379. The Balaban J connectivity index is 1.29. The van der Waals surface area contributed by atoms with Crippen molar-refractivity contribution >= 4 is 29.4 Å². The molecule has 2 N–H and O–H groups in total. The molecule has 3 aromatic rings. The Morgan fingerprint density at radius 2 is 1.97 bits per heavy atom. The number of nitrogens with one attached hydrogen (secondary N) is 2. The van der Waals surface area contributed by atoms with E-state index < -0.39 is 5.54 Å². The summed E-state index contributed by atoms with van der Waals surface area (Å²) in [4.78, 5) is 36.8. The third-order valence-corrected chi connectivity index (χ3v) is 7.40. The van der Waals surface area contributed by atoms with Crippen molar-refractivity contribution in [2.24, 2.45) is 0 Å². The van der Waals surface area contributed by atoms with Crippen molar-refractivity contribution in [3.05, 3.63) is 70.4 Å². The van der Waals surface area contributed by atoms with Crippen LogP contribution in [0.4, 0.5) is 5.95 Å². The molecule has 5 rings (SSSR count). The zero-order chi connectivity index (χ0) is 27.6. The van der Waals surface area contributed by atoms with Crippen LogP contribution in [0.1, 0.15) is 48.2 Å². The van der Waals surface area contributed by atoms with E-state index in [9.17, 15) is 9.59 Å². The van der Waals surface area contributed by atoms with Crippen molar-refractivity contribution in [3.8, 4) is 17.0 Å². The van der Waals surface area contributed by atoms with Gasteiger partial charge in [0.15, 0.2) is 0 Å². The number of aromatic nitrogens is 2. The molecule has 0 radical (unpaired) electrons. The van der Waals surface area contributed by atoms with Gasteiger partial charge in [0, 0.05) is 42.5 Å². The van der Waals surface area contributed by atoms with E-state index >= 15 is 0 Å². The molecule has 1 aromatic heterocycles. The quantitative estimate of drug-likeness (QED) is 0.429. The van der Waals surface area contributed by atoms with Crippen LogP contribution in [0.2, 0.25) is 5.02 Å². The summed E-state index contributed by atoms with van der Waals surface area (Å²) in [6.07, 6.45) is 3.34. The van der Waals surface area contributed by atoms with Gasteiger partial charge in [0.05, 0.1) is 29.6 Å². The van der Waals surface area contributed by atoms with Crippen LogP contribution in [0.5, 0.6) is 5.75 Å². The second-order valence-corrected chi connectivity index (χ2v) is 10.7. The Hall–Kier alpha value is -3.69. The molecular formula is C29H32ClN5O4. The summed E-state index contributed by atoms with van der Waals surface area (Å²) in [5.74, 6) is 0.719. The maximum absolute atomic E-state index is 13.3. The van der Waals surface area contributed by atoms with Crippen LogP contribution in [0.3, 0.4) is 0 Å².